The van der Waals surface area contributed by atoms with Gasteiger partial charge in [0.2, 0.25) is 12.5 Å². The van der Waals surface area contributed by atoms with Gasteiger partial charge in [-0.05, 0) is 58.8 Å². The van der Waals surface area contributed by atoms with Crippen LogP contribution >= 0.6 is 11.3 Å². The summed E-state index contributed by atoms with van der Waals surface area (Å²) < 4.78 is 47.0. The van der Waals surface area contributed by atoms with Crippen LogP contribution in [0.2, 0.25) is 0 Å². The standard InChI is InChI=1S/C33H34O12S/c1-38-21-6-14(7-22(39-2)27(21)34)25-16-9-19-20(43-13-42-19)10-17(16)31(18-12-40-32(37)26(18)25)44-23-8-15-11-41-33(24-4-3-5-46-24)45-30(15)29(36)28(23)35/h3-7,9-10,15,18,23,25-26,28-31,33-36H,8,11-13H2,1-2H3/t15-,18+,23-,25?,26+,28+,29-,30-,31-,33-/m1/s1. The van der Waals surface area contributed by atoms with Gasteiger partial charge >= 0.3 is 5.97 Å². The summed E-state index contributed by atoms with van der Waals surface area (Å²) in [5.74, 6) is -0.960. The molecule has 5 aliphatic rings. The van der Waals surface area contributed by atoms with Gasteiger partial charge in [-0.15, -0.1) is 11.3 Å². The third-order valence-electron chi connectivity index (χ3n) is 9.89. The molecule has 2 saturated heterocycles. The monoisotopic (exact) mass is 654 g/mol. The summed E-state index contributed by atoms with van der Waals surface area (Å²) in [6.07, 6.45) is -4.80. The van der Waals surface area contributed by atoms with Gasteiger partial charge in [-0.2, -0.15) is 0 Å². The van der Waals surface area contributed by atoms with E-state index in [1.165, 1.54) is 25.6 Å². The topological polar surface area (TPSA) is 152 Å². The Labute approximate surface area is 268 Å². The SMILES string of the molecule is COc1cc(C2c3cc4c(cc3[C@@H](O[C@@H]3C[C@@H]5CO[C@@H](c6cccs6)O[C@H]5[C@H](O)[C@H]3O)[C@H]3COC(=O)[C@H]23)OCO4)cc(OC)c1O. The normalized spacial score (nSPS) is 34.3. The number of aliphatic hydroxyl groups is 2. The molecule has 1 saturated carbocycles. The molecule has 0 amide bonds. The van der Waals surface area contributed by atoms with Crippen LogP contribution in [0.15, 0.2) is 41.8 Å². The number of phenolic OH excluding ortho intramolecular Hbond substituents is 1. The van der Waals surface area contributed by atoms with Crippen LogP contribution in [0.3, 0.4) is 0 Å². The maximum absolute atomic E-state index is 13.5. The summed E-state index contributed by atoms with van der Waals surface area (Å²) in [6, 6.07) is 10.9. The molecule has 3 aliphatic heterocycles. The van der Waals surface area contributed by atoms with E-state index >= 15 is 0 Å². The zero-order valence-electron chi connectivity index (χ0n) is 25.1. The minimum atomic E-state index is -1.25. The van der Waals surface area contributed by atoms with E-state index in [-0.39, 0.29) is 36.6 Å². The van der Waals surface area contributed by atoms with Crippen molar-refractivity contribution < 1.29 is 58.0 Å². The van der Waals surface area contributed by atoms with Crippen molar-refractivity contribution in [3.63, 3.8) is 0 Å². The fourth-order valence-electron chi connectivity index (χ4n) is 7.69. The van der Waals surface area contributed by atoms with Crippen molar-refractivity contribution >= 4 is 17.3 Å². The lowest BCUT2D eigenvalue weighted by Gasteiger charge is -2.48. The van der Waals surface area contributed by atoms with Gasteiger partial charge in [0.15, 0.2) is 29.3 Å². The van der Waals surface area contributed by atoms with Crippen LogP contribution in [0.25, 0.3) is 0 Å². The van der Waals surface area contributed by atoms with Gasteiger partial charge < -0.3 is 53.2 Å². The second-order valence-corrected chi connectivity index (χ2v) is 13.2. The fourth-order valence-corrected chi connectivity index (χ4v) is 8.40. The Balaban J connectivity index is 1.16. The highest BCUT2D eigenvalue weighted by Gasteiger charge is 2.55. The number of cyclic esters (lactones) is 1. The molecule has 0 radical (unpaired) electrons. The number of methoxy groups -OCH3 is 2. The Kier molecular flexibility index (Phi) is 7.50. The molecule has 3 fully saturated rings. The summed E-state index contributed by atoms with van der Waals surface area (Å²) in [5, 5.41) is 35.3. The molecule has 12 nitrogen and oxygen atoms in total. The van der Waals surface area contributed by atoms with Crippen LogP contribution in [0.4, 0.5) is 0 Å². The highest BCUT2D eigenvalue weighted by Crippen LogP contribution is 2.57. The molecule has 10 atom stereocenters. The van der Waals surface area contributed by atoms with E-state index in [4.69, 9.17) is 37.9 Å². The number of fused-ring (bicyclic) bond motifs is 4. The predicted octanol–water partition coefficient (Wildman–Crippen LogP) is 3.42. The number of hydrogen-bond acceptors (Lipinski definition) is 13. The molecule has 13 heteroatoms. The Hall–Kier alpha value is -3.59. The fraction of sp³-hybridized carbons (Fsp3) is 0.485. The second-order valence-electron chi connectivity index (χ2n) is 12.3. The first kappa shape index (κ1) is 29.8. The highest BCUT2D eigenvalue weighted by atomic mass is 32.1. The molecule has 1 aromatic heterocycles. The third-order valence-corrected chi connectivity index (χ3v) is 10.8. The molecule has 244 valence electrons. The number of thiophene rings is 1. The maximum atomic E-state index is 13.5. The molecule has 0 spiro atoms. The third kappa shape index (κ3) is 4.71. The molecule has 0 bridgehead atoms. The van der Waals surface area contributed by atoms with Crippen molar-refractivity contribution in [1.82, 2.24) is 0 Å². The highest BCUT2D eigenvalue weighted by molar-refractivity contribution is 7.10. The lowest BCUT2D eigenvalue weighted by Crippen LogP contribution is -2.58. The molecule has 1 unspecified atom stereocenters. The van der Waals surface area contributed by atoms with Crippen molar-refractivity contribution in [2.24, 2.45) is 17.8 Å². The molecule has 3 N–H and O–H groups in total. The van der Waals surface area contributed by atoms with Crippen LogP contribution in [0.5, 0.6) is 28.7 Å². The number of benzene rings is 2. The predicted molar refractivity (Wildman–Crippen MR) is 159 cm³/mol. The number of hydrogen-bond donors (Lipinski definition) is 3. The number of aromatic hydroxyl groups is 1. The molecule has 8 rings (SSSR count). The van der Waals surface area contributed by atoms with Gasteiger partial charge in [-0.1, -0.05) is 6.07 Å². The van der Waals surface area contributed by atoms with Gasteiger partial charge in [0, 0.05) is 17.8 Å². The lowest BCUT2D eigenvalue weighted by atomic mass is 9.66. The van der Waals surface area contributed by atoms with Crippen molar-refractivity contribution in [1.29, 1.82) is 0 Å². The van der Waals surface area contributed by atoms with E-state index in [1.807, 2.05) is 29.6 Å². The molecular weight excluding hydrogens is 620 g/mol. The number of aliphatic hydroxyl groups excluding tert-OH is 2. The Bertz CT molecular complexity index is 1600. The van der Waals surface area contributed by atoms with E-state index in [9.17, 15) is 20.1 Å². The minimum Gasteiger partial charge on any atom is -0.502 e. The van der Waals surface area contributed by atoms with Crippen LogP contribution in [-0.4, -0.2) is 79.9 Å². The zero-order valence-corrected chi connectivity index (χ0v) is 25.9. The van der Waals surface area contributed by atoms with Gasteiger partial charge in [0.05, 0.1) is 56.5 Å². The first-order valence-electron chi connectivity index (χ1n) is 15.2. The summed E-state index contributed by atoms with van der Waals surface area (Å²) in [7, 11) is 2.89. The lowest BCUT2D eigenvalue weighted by molar-refractivity contribution is -0.297. The number of rotatable bonds is 6. The molecule has 2 aromatic carbocycles. The maximum Gasteiger partial charge on any atom is 0.310 e. The number of carbonyl (C=O) groups excluding carboxylic acids is 1. The first-order chi connectivity index (χ1) is 22.4. The van der Waals surface area contributed by atoms with Gasteiger partial charge in [0.25, 0.3) is 0 Å². The molecule has 3 aromatic rings. The average molecular weight is 655 g/mol. The summed E-state index contributed by atoms with van der Waals surface area (Å²) in [6.45, 7) is 0.474. The summed E-state index contributed by atoms with van der Waals surface area (Å²) >= 11 is 1.50. The molecule has 2 aliphatic carbocycles. The number of esters is 1. The van der Waals surface area contributed by atoms with Gasteiger partial charge in [-0.25, -0.2) is 0 Å². The van der Waals surface area contributed by atoms with Crippen molar-refractivity contribution in [2.45, 2.75) is 49.1 Å². The van der Waals surface area contributed by atoms with Crippen molar-refractivity contribution in [3.05, 3.63) is 63.3 Å². The smallest absolute Gasteiger partial charge is 0.310 e. The van der Waals surface area contributed by atoms with Crippen LogP contribution in [-0.2, 0) is 23.7 Å². The quantitative estimate of drug-likeness (QED) is 0.334. The summed E-state index contributed by atoms with van der Waals surface area (Å²) in [5.41, 5.74) is 2.17. The van der Waals surface area contributed by atoms with Gasteiger partial charge in [0.1, 0.15) is 12.2 Å². The van der Waals surface area contributed by atoms with E-state index < -0.39 is 60.5 Å². The van der Waals surface area contributed by atoms with Crippen LogP contribution in [0, 0.1) is 17.8 Å². The Morgan fingerprint density at radius 1 is 0.935 bits per heavy atom. The van der Waals surface area contributed by atoms with E-state index in [0.29, 0.717) is 30.1 Å². The first-order valence-corrected chi connectivity index (χ1v) is 16.1. The van der Waals surface area contributed by atoms with E-state index in [2.05, 4.69) is 0 Å². The van der Waals surface area contributed by atoms with Crippen LogP contribution in [0.1, 0.15) is 46.3 Å². The number of ether oxygens (including phenoxy) is 8. The second kappa shape index (κ2) is 11.6. The largest absolute Gasteiger partial charge is 0.502 e. The summed E-state index contributed by atoms with van der Waals surface area (Å²) in [4.78, 5) is 14.4. The molecule has 46 heavy (non-hydrogen) atoms. The van der Waals surface area contributed by atoms with Crippen LogP contribution < -0.4 is 18.9 Å². The van der Waals surface area contributed by atoms with E-state index in [1.54, 1.807) is 12.1 Å². The van der Waals surface area contributed by atoms with Gasteiger partial charge in [-0.3, -0.25) is 4.79 Å². The number of carbonyl (C=O) groups is 1. The van der Waals surface area contributed by atoms with Crippen molar-refractivity contribution in [3.8, 4) is 28.7 Å². The molecular formula is C33H34O12S. The Morgan fingerprint density at radius 2 is 1.67 bits per heavy atom. The van der Waals surface area contributed by atoms with Crippen molar-refractivity contribution in [2.75, 3.05) is 34.2 Å². The molecule has 4 heterocycles. The Morgan fingerprint density at radius 3 is 2.37 bits per heavy atom. The zero-order chi connectivity index (χ0) is 31.7. The minimum absolute atomic E-state index is 0.0488. The average Bonchev–Trinajstić information content (AvgIpc) is 3.85. The number of phenols is 1. The van der Waals surface area contributed by atoms with E-state index in [0.717, 1.165) is 16.0 Å².